The van der Waals surface area contributed by atoms with Gasteiger partial charge in [0.15, 0.2) is 5.65 Å². The third-order valence-electron chi connectivity index (χ3n) is 4.15. The fraction of sp³-hybridized carbons (Fsp3) is 0.600. The minimum atomic E-state index is 0.0892. The molecule has 4 heterocycles. The second-order valence-corrected chi connectivity index (χ2v) is 5.55. The van der Waals surface area contributed by atoms with Crippen molar-refractivity contribution in [2.45, 2.75) is 44.4 Å². The molecule has 0 saturated carbocycles. The van der Waals surface area contributed by atoms with Gasteiger partial charge in [0, 0.05) is 25.8 Å². The molecule has 106 valence electrons. The van der Waals surface area contributed by atoms with E-state index < -0.39 is 0 Å². The molecule has 0 bridgehead atoms. The Hall–Kier alpha value is -1.46. The summed E-state index contributed by atoms with van der Waals surface area (Å²) < 4.78 is 13.8. The van der Waals surface area contributed by atoms with E-state index in [4.69, 9.17) is 14.5 Å². The summed E-state index contributed by atoms with van der Waals surface area (Å²) in [4.78, 5) is 9.26. The van der Waals surface area contributed by atoms with Crippen LogP contribution in [-0.4, -0.2) is 33.9 Å². The van der Waals surface area contributed by atoms with Gasteiger partial charge >= 0.3 is 0 Å². The molecule has 0 spiro atoms. The Morgan fingerprint density at radius 3 is 2.90 bits per heavy atom. The monoisotopic (exact) mass is 273 g/mol. The van der Waals surface area contributed by atoms with Gasteiger partial charge in [0.1, 0.15) is 17.6 Å². The first-order chi connectivity index (χ1) is 9.92. The summed E-state index contributed by atoms with van der Waals surface area (Å²) >= 11 is 0. The van der Waals surface area contributed by atoms with Gasteiger partial charge in [-0.15, -0.1) is 0 Å². The lowest BCUT2D eigenvalue weighted by Crippen LogP contribution is -2.17. The predicted molar refractivity (Wildman–Crippen MR) is 74.4 cm³/mol. The molecule has 2 atom stereocenters. The van der Waals surface area contributed by atoms with Crippen LogP contribution in [0.5, 0.6) is 0 Å². The molecule has 0 aromatic carbocycles. The molecule has 2 saturated heterocycles. The van der Waals surface area contributed by atoms with E-state index in [0.29, 0.717) is 6.10 Å². The normalized spacial score (nSPS) is 26.6. The molecular formula is C15H19N3O2. The summed E-state index contributed by atoms with van der Waals surface area (Å²) in [5.74, 6) is 1.05. The zero-order valence-electron chi connectivity index (χ0n) is 11.5. The molecule has 2 fully saturated rings. The van der Waals surface area contributed by atoms with Crippen molar-refractivity contribution < 1.29 is 9.47 Å². The first-order valence-corrected chi connectivity index (χ1v) is 7.47. The van der Waals surface area contributed by atoms with E-state index in [2.05, 4.69) is 9.55 Å². The van der Waals surface area contributed by atoms with Crippen molar-refractivity contribution in [3.63, 3.8) is 0 Å². The van der Waals surface area contributed by atoms with Crippen LogP contribution < -0.4 is 0 Å². The van der Waals surface area contributed by atoms with Crippen molar-refractivity contribution in [1.29, 1.82) is 0 Å². The molecule has 5 nitrogen and oxygen atoms in total. The first-order valence-electron chi connectivity index (χ1n) is 7.47. The summed E-state index contributed by atoms with van der Waals surface area (Å²) in [5.41, 5.74) is 1.89. The molecule has 0 radical (unpaired) electrons. The van der Waals surface area contributed by atoms with Gasteiger partial charge in [-0.05, 0) is 37.8 Å². The highest BCUT2D eigenvalue weighted by Gasteiger charge is 2.26. The minimum absolute atomic E-state index is 0.0892. The Labute approximate surface area is 117 Å². The van der Waals surface area contributed by atoms with Crippen LogP contribution in [0.2, 0.25) is 0 Å². The average molecular weight is 273 g/mol. The van der Waals surface area contributed by atoms with Crippen molar-refractivity contribution in [3.8, 4) is 0 Å². The topological polar surface area (TPSA) is 49.2 Å². The third-order valence-corrected chi connectivity index (χ3v) is 4.15. The van der Waals surface area contributed by atoms with Crippen LogP contribution in [0.15, 0.2) is 18.3 Å². The van der Waals surface area contributed by atoms with Gasteiger partial charge < -0.3 is 9.47 Å². The van der Waals surface area contributed by atoms with E-state index in [1.807, 2.05) is 18.3 Å². The third kappa shape index (κ3) is 2.11. The number of hydrogen-bond acceptors (Lipinski definition) is 4. The van der Waals surface area contributed by atoms with Crippen LogP contribution in [0.1, 0.15) is 37.7 Å². The number of pyridine rings is 1. The summed E-state index contributed by atoms with van der Waals surface area (Å²) in [5, 5.41) is 0. The van der Waals surface area contributed by atoms with Gasteiger partial charge in [-0.1, -0.05) is 0 Å². The van der Waals surface area contributed by atoms with Crippen molar-refractivity contribution in [2.24, 2.45) is 0 Å². The van der Waals surface area contributed by atoms with E-state index in [1.165, 1.54) is 0 Å². The van der Waals surface area contributed by atoms with Crippen LogP contribution in [0.4, 0.5) is 0 Å². The fourth-order valence-electron chi connectivity index (χ4n) is 3.20. The first kappa shape index (κ1) is 12.3. The maximum absolute atomic E-state index is 5.85. The maximum Gasteiger partial charge on any atom is 0.162 e. The fourth-order valence-corrected chi connectivity index (χ4v) is 3.20. The molecule has 4 rings (SSSR count). The van der Waals surface area contributed by atoms with Crippen molar-refractivity contribution >= 4 is 11.2 Å². The second kappa shape index (κ2) is 5.14. The number of hydrogen-bond donors (Lipinski definition) is 0. The second-order valence-electron chi connectivity index (χ2n) is 5.55. The van der Waals surface area contributed by atoms with Gasteiger partial charge in [0.25, 0.3) is 0 Å². The molecule has 2 aliphatic rings. The Morgan fingerprint density at radius 2 is 2.10 bits per heavy atom. The van der Waals surface area contributed by atoms with Gasteiger partial charge in [-0.2, -0.15) is 0 Å². The van der Waals surface area contributed by atoms with Crippen molar-refractivity contribution in [2.75, 3.05) is 13.2 Å². The van der Waals surface area contributed by atoms with Gasteiger partial charge in [-0.3, -0.25) is 4.57 Å². The zero-order chi connectivity index (χ0) is 13.4. The Balaban J connectivity index is 1.74. The predicted octanol–water partition coefficient (Wildman–Crippen LogP) is 2.46. The van der Waals surface area contributed by atoms with E-state index in [9.17, 15) is 0 Å². The Morgan fingerprint density at radius 1 is 1.20 bits per heavy atom. The summed E-state index contributed by atoms with van der Waals surface area (Å²) in [7, 11) is 0. The largest absolute Gasteiger partial charge is 0.378 e. The Bertz CT molecular complexity index is 598. The molecule has 2 aromatic rings. The average Bonchev–Trinajstić information content (AvgIpc) is 3.18. The van der Waals surface area contributed by atoms with Crippen LogP contribution in [0.3, 0.4) is 0 Å². The van der Waals surface area contributed by atoms with E-state index in [1.54, 1.807) is 0 Å². The zero-order valence-corrected chi connectivity index (χ0v) is 11.5. The van der Waals surface area contributed by atoms with Crippen LogP contribution in [-0.2, 0) is 15.9 Å². The number of fused-ring (bicyclic) bond motifs is 1. The lowest BCUT2D eigenvalue weighted by molar-refractivity contribution is 0.0536. The van der Waals surface area contributed by atoms with Gasteiger partial charge in [-0.25, -0.2) is 9.97 Å². The van der Waals surface area contributed by atoms with Crippen molar-refractivity contribution in [1.82, 2.24) is 14.5 Å². The van der Waals surface area contributed by atoms with Crippen LogP contribution in [0.25, 0.3) is 11.2 Å². The van der Waals surface area contributed by atoms with E-state index in [0.717, 1.165) is 62.3 Å². The molecule has 0 N–H and O–H groups in total. The molecule has 0 aliphatic carbocycles. The smallest absolute Gasteiger partial charge is 0.162 e. The number of aromatic nitrogens is 3. The quantitative estimate of drug-likeness (QED) is 0.862. The number of imidazole rings is 1. The lowest BCUT2D eigenvalue weighted by Gasteiger charge is -2.17. The molecule has 2 unspecified atom stereocenters. The summed E-state index contributed by atoms with van der Waals surface area (Å²) in [6, 6.07) is 3.96. The lowest BCUT2D eigenvalue weighted by atomic mass is 10.2. The number of nitrogens with zero attached hydrogens (tertiary/aromatic N) is 3. The molecule has 0 amide bonds. The minimum Gasteiger partial charge on any atom is -0.378 e. The Kier molecular flexibility index (Phi) is 3.16. The maximum atomic E-state index is 5.85. The highest BCUT2D eigenvalue weighted by Crippen LogP contribution is 2.29. The highest BCUT2D eigenvalue weighted by molar-refractivity contribution is 5.71. The van der Waals surface area contributed by atoms with Crippen LogP contribution in [0, 0.1) is 0 Å². The molecule has 20 heavy (non-hydrogen) atoms. The SMILES string of the molecule is c1cnc2c(c1)nc(CC1CCCO1)n2C1CCCO1. The molecule has 2 aliphatic heterocycles. The van der Waals surface area contributed by atoms with E-state index in [-0.39, 0.29) is 6.23 Å². The number of ether oxygens (including phenoxy) is 2. The highest BCUT2D eigenvalue weighted by atomic mass is 16.5. The number of rotatable bonds is 3. The van der Waals surface area contributed by atoms with Gasteiger partial charge in [0.2, 0.25) is 0 Å². The van der Waals surface area contributed by atoms with E-state index >= 15 is 0 Å². The summed E-state index contributed by atoms with van der Waals surface area (Å²) in [6.45, 7) is 1.71. The van der Waals surface area contributed by atoms with Crippen LogP contribution >= 0.6 is 0 Å². The standard InChI is InChI=1S/C15H19N3O2/c1-5-12-15(16-7-1)18(14-6-3-9-20-14)13(17-12)10-11-4-2-8-19-11/h1,5,7,11,14H,2-4,6,8-10H2. The molecule has 5 heteroatoms. The molecular weight excluding hydrogens is 254 g/mol. The van der Waals surface area contributed by atoms with Gasteiger partial charge in [0.05, 0.1) is 6.10 Å². The summed E-state index contributed by atoms with van der Waals surface area (Å²) in [6.07, 6.45) is 7.50. The molecule has 2 aromatic heterocycles. The van der Waals surface area contributed by atoms with Crippen molar-refractivity contribution in [3.05, 3.63) is 24.2 Å².